The first-order valence-corrected chi connectivity index (χ1v) is 8.63. The van der Waals surface area contributed by atoms with Crippen LogP contribution in [-0.2, 0) is 5.60 Å². The molecule has 3 heteroatoms. The van der Waals surface area contributed by atoms with E-state index >= 15 is 0 Å². The second-order valence-corrected chi connectivity index (χ2v) is 6.97. The minimum atomic E-state index is -0.891. The third-order valence-electron chi connectivity index (χ3n) is 4.55. The second-order valence-electron chi connectivity index (χ2n) is 6.02. The Kier molecular flexibility index (Phi) is 4.43. The predicted octanol–water partition coefficient (Wildman–Crippen LogP) is 3.72. The van der Waals surface area contributed by atoms with Gasteiger partial charge in [-0.15, -0.1) is 11.3 Å². The average Bonchev–Trinajstić information content (AvgIpc) is 3.20. The van der Waals surface area contributed by atoms with Crippen molar-refractivity contribution in [3.05, 3.63) is 58.3 Å². The highest BCUT2D eigenvalue weighted by Crippen LogP contribution is 2.39. The quantitative estimate of drug-likeness (QED) is 0.910. The zero-order chi connectivity index (χ0) is 14.7. The van der Waals surface area contributed by atoms with E-state index in [9.17, 15) is 5.11 Å². The van der Waals surface area contributed by atoms with Crippen LogP contribution in [0.3, 0.4) is 0 Å². The van der Waals surface area contributed by atoms with Crippen LogP contribution >= 0.6 is 11.3 Å². The molecule has 2 heterocycles. The maximum atomic E-state index is 11.6. The smallest absolute Gasteiger partial charge is 0.127 e. The van der Waals surface area contributed by atoms with Crippen molar-refractivity contribution in [3.8, 4) is 0 Å². The number of hydrogen-bond donors (Lipinski definition) is 1. The third kappa shape index (κ3) is 2.91. The normalized spacial score (nSPS) is 20.3. The molecule has 112 valence electrons. The van der Waals surface area contributed by atoms with E-state index < -0.39 is 5.60 Å². The number of thiophene rings is 1. The summed E-state index contributed by atoms with van der Waals surface area (Å²) in [4.78, 5) is 3.52. The van der Waals surface area contributed by atoms with Crippen LogP contribution in [0.25, 0.3) is 0 Å². The van der Waals surface area contributed by atoms with Gasteiger partial charge in [0.25, 0.3) is 0 Å². The van der Waals surface area contributed by atoms with Gasteiger partial charge in [-0.25, -0.2) is 0 Å². The Bertz CT molecular complexity index is 548. The Morgan fingerprint density at radius 2 is 1.86 bits per heavy atom. The van der Waals surface area contributed by atoms with Crippen molar-refractivity contribution in [1.82, 2.24) is 4.90 Å². The Hall–Kier alpha value is -1.16. The van der Waals surface area contributed by atoms with Gasteiger partial charge in [-0.2, -0.15) is 0 Å². The number of likely N-dealkylation sites (tertiary alicyclic amines) is 1. The molecule has 0 bridgehead atoms. The van der Waals surface area contributed by atoms with Crippen LogP contribution in [0, 0.1) is 5.92 Å². The van der Waals surface area contributed by atoms with Crippen LogP contribution < -0.4 is 0 Å². The SMILES string of the molecule is CC(CN1CCCC1)C(O)(c1ccccc1)c1cccs1. The summed E-state index contributed by atoms with van der Waals surface area (Å²) in [5.74, 6) is 0.164. The van der Waals surface area contributed by atoms with Crippen LogP contribution in [-0.4, -0.2) is 29.6 Å². The van der Waals surface area contributed by atoms with Gasteiger partial charge in [0.1, 0.15) is 5.60 Å². The topological polar surface area (TPSA) is 23.5 Å². The summed E-state index contributed by atoms with van der Waals surface area (Å²) in [5, 5.41) is 13.6. The van der Waals surface area contributed by atoms with Gasteiger partial charge in [0.15, 0.2) is 0 Å². The van der Waals surface area contributed by atoms with Gasteiger partial charge in [0.2, 0.25) is 0 Å². The summed E-state index contributed by atoms with van der Waals surface area (Å²) in [5.41, 5.74) is 0.108. The van der Waals surface area contributed by atoms with E-state index in [4.69, 9.17) is 0 Å². The molecule has 0 radical (unpaired) electrons. The van der Waals surface area contributed by atoms with E-state index in [-0.39, 0.29) is 5.92 Å². The molecular weight excluding hydrogens is 278 g/mol. The monoisotopic (exact) mass is 301 g/mol. The zero-order valence-electron chi connectivity index (χ0n) is 12.5. The predicted molar refractivity (Wildman–Crippen MR) is 88.6 cm³/mol. The third-order valence-corrected chi connectivity index (χ3v) is 5.55. The lowest BCUT2D eigenvalue weighted by Crippen LogP contribution is -2.40. The molecule has 3 rings (SSSR count). The average molecular weight is 301 g/mol. The largest absolute Gasteiger partial charge is 0.379 e. The van der Waals surface area contributed by atoms with Crippen LogP contribution in [0.2, 0.25) is 0 Å². The summed E-state index contributed by atoms with van der Waals surface area (Å²) in [7, 11) is 0. The fourth-order valence-corrected chi connectivity index (χ4v) is 4.30. The van der Waals surface area contributed by atoms with E-state index in [1.54, 1.807) is 11.3 Å². The number of hydrogen-bond acceptors (Lipinski definition) is 3. The standard InChI is InChI=1S/C18H23NOS/c1-15(14-19-11-5-6-12-19)18(20,17-10-7-13-21-17)16-8-3-2-4-9-16/h2-4,7-10,13,15,20H,5-6,11-12,14H2,1H3. The molecule has 1 aromatic heterocycles. The number of nitrogens with zero attached hydrogens (tertiary/aromatic N) is 1. The molecule has 1 N–H and O–H groups in total. The van der Waals surface area contributed by atoms with Crippen LogP contribution in [0.15, 0.2) is 47.8 Å². The number of benzene rings is 1. The van der Waals surface area contributed by atoms with Crippen molar-refractivity contribution >= 4 is 11.3 Å². The van der Waals surface area contributed by atoms with Gasteiger partial charge < -0.3 is 10.0 Å². The molecule has 0 aliphatic carbocycles. The second kappa shape index (κ2) is 6.30. The number of aliphatic hydroxyl groups is 1. The van der Waals surface area contributed by atoms with Gasteiger partial charge in [-0.1, -0.05) is 43.3 Å². The molecule has 2 atom stereocenters. The highest BCUT2D eigenvalue weighted by Gasteiger charge is 2.39. The maximum absolute atomic E-state index is 11.6. The van der Waals surface area contributed by atoms with E-state index in [2.05, 4.69) is 17.9 Å². The summed E-state index contributed by atoms with van der Waals surface area (Å²) >= 11 is 1.64. The van der Waals surface area contributed by atoms with Crippen molar-refractivity contribution in [2.75, 3.05) is 19.6 Å². The molecule has 21 heavy (non-hydrogen) atoms. The van der Waals surface area contributed by atoms with Crippen molar-refractivity contribution in [2.45, 2.75) is 25.4 Å². The molecule has 2 unspecified atom stereocenters. The van der Waals surface area contributed by atoms with Gasteiger partial charge >= 0.3 is 0 Å². The lowest BCUT2D eigenvalue weighted by molar-refractivity contribution is 0.0136. The number of rotatable bonds is 5. The lowest BCUT2D eigenvalue weighted by Gasteiger charge is -2.36. The molecule has 1 aromatic carbocycles. The minimum absolute atomic E-state index is 0.164. The fraction of sp³-hybridized carbons (Fsp3) is 0.444. The lowest BCUT2D eigenvalue weighted by atomic mass is 9.80. The molecular formula is C18H23NOS. The van der Waals surface area contributed by atoms with Crippen LogP contribution in [0.5, 0.6) is 0 Å². The van der Waals surface area contributed by atoms with Crippen LogP contribution in [0.1, 0.15) is 30.2 Å². The summed E-state index contributed by atoms with van der Waals surface area (Å²) < 4.78 is 0. The van der Waals surface area contributed by atoms with E-state index in [0.29, 0.717) is 0 Å². The van der Waals surface area contributed by atoms with Crippen molar-refractivity contribution < 1.29 is 5.11 Å². The zero-order valence-corrected chi connectivity index (χ0v) is 13.4. The van der Waals surface area contributed by atoms with Gasteiger partial charge in [0.05, 0.1) is 0 Å². The molecule has 0 amide bonds. The molecule has 1 saturated heterocycles. The van der Waals surface area contributed by atoms with E-state index in [1.807, 2.05) is 41.8 Å². The van der Waals surface area contributed by atoms with Crippen LogP contribution in [0.4, 0.5) is 0 Å². The summed E-state index contributed by atoms with van der Waals surface area (Å²) in [6.45, 7) is 5.45. The Balaban J connectivity index is 1.92. The van der Waals surface area contributed by atoms with E-state index in [1.165, 1.54) is 25.9 Å². The highest BCUT2D eigenvalue weighted by molar-refractivity contribution is 7.10. The molecule has 0 saturated carbocycles. The molecule has 2 nitrogen and oxygen atoms in total. The molecule has 2 aromatic rings. The van der Waals surface area contributed by atoms with Crippen molar-refractivity contribution in [3.63, 3.8) is 0 Å². The molecule has 1 fully saturated rings. The molecule has 1 aliphatic rings. The first-order valence-electron chi connectivity index (χ1n) is 7.75. The van der Waals surface area contributed by atoms with Crippen molar-refractivity contribution in [2.24, 2.45) is 5.92 Å². The first-order chi connectivity index (χ1) is 10.2. The first kappa shape index (κ1) is 14.8. The van der Waals surface area contributed by atoms with E-state index in [0.717, 1.165) is 17.0 Å². The summed E-state index contributed by atoms with van der Waals surface area (Å²) in [6, 6.07) is 14.2. The Morgan fingerprint density at radius 3 is 2.48 bits per heavy atom. The minimum Gasteiger partial charge on any atom is -0.379 e. The molecule has 0 spiro atoms. The molecule has 1 aliphatic heterocycles. The Morgan fingerprint density at radius 1 is 1.14 bits per heavy atom. The van der Waals surface area contributed by atoms with Crippen molar-refractivity contribution in [1.29, 1.82) is 0 Å². The van der Waals surface area contributed by atoms with Gasteiger partial charge in [-0.3, -0.25) is 0 Å². The maximum Gasteiger partial charge on any atom is 0.127 e. The summed E-state index contributed by atoms with van der Waals surface area (Å²) in [6.07, 6.45) is 2.57. The van der Waals surface area contributed by atoms with Gasteiger partial charge in [-0.05, 0) is 42.9 Å². The Labute approximate surface area is 131 Å². The fourth-order valence-electron chi connectivity index (χ4n) is 3.34. The van der Waals surface area contributed by atoms with Gasteiger partial charge in [0, 0.05) is 17.3 Å². The highest BCUT2D eigenvalue weighted by atomic mass is 32.1.